The molecular formula is C13H17FN2O4. The van der Waals surface area contributed by atoms with Gasteiger partial charge in [0.1, 0.15) is 5.82 Å². The first-order chi connectivity index (χ1) is 9.52. The Hall–Kier alpha value is -2.15. The van der Waals surface area contributed by atoms with Crippen molar-refractivity contribution in [1.29, 1.82) is 0 Å². The largest absolute Gasteiger partial charge is 0.479 e. The maximum atomic E-state index is 12.9. The summed E-state index contributed by atoms with van der Waals surface area (Å²) in [5.41, 5.74) is 0.769. The number of hydrogen-bond acceptors (Lipinski definition) is 3. The van der Waals surface area contributed by atoms with Crippen LogP contribution in [0.2, 0.25) is 0 Å². The highest BCUT2D eigenvalue weighted by atomic mass is 19.1. The molecule has 0 heterocycles. The van der Waals surface area contributed by atoms with Crippen molar-refractivity contribution >= 4 is 12.0 Å². The van der Waals surface area contributed by atoms with Crippen molar-refractivity contribution in [2.45, 2.75) is 12.5 Å². The molecule has 1 aromatic carbocycles. The number of hydrogen-bond donors (Lipinski definition) is 3. The highest BCUT2D eigenvalue weighted by Gasteiger charge is 2.16. The van der Waals surface area contributed by atoms with E-state index in [1.54, 1.807) is 12.1 Å². The van der Waals surface area contributed by atoms with Crippen LogP contribution in [0.25, 0.3) is 0 Å². The molecule has 0 saturated heterocycles. The SMILES string of the molecule is COC(CNC(=O)NCCc1cccc(F)c1)C(=O)O. The lowest BCUT2D eigenvalue weighted by Crippen LogP contribution is -2.43. The second-order valence-corrected chi connectivity index (χ2v) is 4.08. The van der Waals surface area contributed by atoms with Crippen molar-refractivity contribution in [2.24, 2.45) is 0 Å². The van der Waals surface area contributed by atoms with Crippen molar-refractivity contribution in [1.82, 2.24) is 10.6 Å². The van der Waals surface area contributed by atoms with E-state index in [1.165, 1.54) is 19.2 Å². The van der Waals surface area contributed by atoms with Gasteiger partial charge in [-0.1, -0.05) is 12.1 Å². The van der Waals surface area contributed by atoms with E-state index in [-0.39, 0.29) is 12.4 Å². The molecule has 0 bridgehead atoms. The van der Waals surface area contributed by atoms with Gasteiger partial charge in [0.05, 0.1) is 6.54 Å². The number of amides is 2. The molecule has 1 unspecified atom stereocenters. The van der Waals surface area contributed by atoms with Crippen molar-refractivity contribution in [3.8, 4) is 0 Å². The molecule has 6 nitrogen and oxygen atoms in total. The summed E-state index contributed by atoms with van der Waals surface area (Å²) in [4.78, 5) is 22.0. The summed E-state index contributed by atoms with van der Waals surface area (Å²) in [6.45, 7) is 0.192. The van der Waals surface area contributed by atoms with Crippen LogP contribution in [-0.4, -0.2) is 43.4 Å². The number of carbonyl (C=O) groups excluding carboxylic acids is 1. The normalized spacial score (nSPS) is 11.7. The van der Waals surface area contributed by atoms with Crippen LogP contribution in [0.1, 0.15) is 5.56 Å². The Kier molecular flexibility index (Phi) is 6.45. The highest BCUT2D eigenvalue weighted by molar-refractivity contribution is 5.76. The van der Waals surface area contributed by atoms with Crippen LogP contribution >= 0.6 is 0 Å². The fourth-order valence-electron chi connectivity index (χ4n) is 1.53. The molecule has 1 atom stereocenters. The minimum absolute atomic E-state index is 0.127. The van der Waals surface area contributed by atoms with Gasteiger partial charge in [-0.2, -0.15) is 0 Å². The third-order valence-electron chi connectivity index (χ3n) is 2.60. The van der Waals surface area contributed by atoms with Crippen molar-refractivity contribution < 1.29 is 23.8 Å². The molecule has 0 aromatic heterocycles. The molecule has 0 spiro atoms. The third-order valence-corrected chi connectivity index (χ3v) is 2.60. The van der Waals surface area contributed by atoms with Gasteiger partial charge in [0.15, 0.2) is 6.10 Å². The van der Waals surface area contributed by atoms with Gasteiger partial charge in [-0.05, 0) is 24.1 Å². The first kappa shape index (κ1) is 15.9. The minimum atomic E-state index is -1.15. The number of ether oxygens (including phenoxy) is 1. The van der Waals surface area contributed by atoms with E-state index in [0.717, 1.165) is 5.56 Å². The molecule has 0 fully saturated rings. The van der Waals surface area contributed by atoms with Gasteiger partial charge in [-0.3, -0.25) is 0 Å². The van der Waals surface area contributed by atoms with Crippen LogP contribution in [0, 0.1) is 5.82 Å². The van der Waals surface area contributed by atoms with E-state index >= 15 is 0 Å². The van der Waals surface area contributed by atoms with Gasteiger partial charge in [0, 0.05) is 13.7 Å². The zero-order valence-corrected chi connectivity index (χ0v) is 11.1. The molecular weight excluding hydrogens is 267 g/mol. The van der Waals surface area contributed by atoms with Crippen LogP contribution < -0.4 is 10.6 Å². The standard InChI is InChI=1S/C13H17FN2O4/c1-20-11(12(17)18)8-16-13(19)15-6-5-9-3-2-4-10(14)7-9/h2-4,7,11H,5-6,8H2,1H3,(H,17,18)(H2,15,16,19). The Balaban J connectivity index is 2.25. The molecule has 1 aromatic rings. The minimum Gasteiger partial charge on any atom is -0.479 e. The van der Waals surface area contributed by atoms with Gasteiger partial charge in [-0.15, -0.1) is 0 Å². The molecule has 7 heteroatoms. The molecule has 1 rings (SSSR count). The molecule has 0 aliphatic heterocycles. The van der Waals surface area contributed by atoms with E-state index < -0.39 is 18.1 Å². The van der Waals surface area contributed by atoms with E-state index in [9.17, 15) is 14.0 Å². The van der Waals surface area contributed by atoms with E-state index in [1.807, 2.05) is 0 Å². The maximum absolute atomic E-state index is 12.9. The summed E-state index contributed by atoms with van der Waals surface area (Å²) in [5.74, 6) is -1.47. The zero-order chi connectivity index (χ0) is 15.0. The lowest BCUT2D eigenvalue weighted by atomic mass is 10.1. The number of nitrogens with one attached hydrogen (secondary N) is 2. The Morgan fingerprint density at radius 3 is 2.75 bits per heavy atom. The summed E-state index contributed by atoms with van der Waals surface area (Å²) in [6.07, 6.45) is -0.596. The average Bonchev–Trinajstić information content (AvgIpc) is 2.39. The van der Waals surface area contributed by atoms with Gasteiger partial charge in [-0.25, -0.2) is 14.0 Å². The van der Waals surface area contributed by atoms with Crippen LogP contribution in [0.15, 0.2) is 24.3 Å². The van der Waals surface area contributed by atoms with E-state index in [4.69, 9.17) is 5.11 Å². The predicted octanol–water partition coefficient (Wildman–Crippen LogP) is 0.767. The van der Waals surface area contributed by atoms with Gasteiger partial charge in [0.2, 0.25) is 0 Å². The van der Waals surface area contributed by atoms with Gasteiger partial charge in [0.25, 0.3) is 0 Å². The molecule has 0 saturated carbocycles. The van der Waals surface area contributed by atoms with Crippen LogP contribution in [0.4, 0.5) is 9.18 Å². The smallest absolute Gasteiger partial charge is 0.334 e. The number of aliphatic carboxylic acids is 1. The third kappa shape index (κ3) is 5.66. The van der Waals surface area contributed by atoms with Crippen LogP contribution in [0.5, 0.6) is 0 Å². The first-order valence-corrected chi connectivity index (χ1v) is 6.04. The molecule has 0 radical (unpaired) electrons. The monoisotopic (exact) mass is 284 g/mol. The Morgan fingerprint density at radius 1 is 1.40 bits per heavy atom. The summed E-state index contributed by atoms with van der Waals surface area (Å²) >= 11 is 0. The summed E-state index contributed by atoms with van der Waals surface area (Å²) in [6, 6.07) is 5.60. The number of carboxylic acid groups (broad SMARTS) is 1. The number of rotatable bonds is 7. The predicted molar refractivity (Wildman–Crippen MR) is 69.9 cm³/mol. The second-order valence-electron chi connectivity index (χ2n) is 4.08. The lowest BCUT2D eigenvalue weighted by Gasteiger charge is -2.12. The summed E-state index contributed by atoms with van der Waals surface area (Å²) in [5, 5.41) is 13.6. The summed E-state index contributed by atoms with van der Waals surface area (Å²) < 4.78 is 17.6. The van der Waals surface area contributed by atoms with Crippen LogP contribution in [0.3, 0.4) is 0 Å². The molecule has 0 aliphatic rings. The van der Waals surface area contributed by atoms with Crippen molar-refractivity contribution in [2.75, 3.05) is 20.2 Å². The van der Waals surface area contributed by atoms with E-state index in [0.29, 0.717) is 13.0 Å². The number of halogens is 1. The number of urea groups is 1. The summed E-state index contributed by atoms with van der Waals surface area (Å²) in [7, 11) is 1.25. The average molecular weight is 284 g/mol. The maximum Gasteiger partial charge on any atom is 0.334 e. The number of benzene rings is 1. The number of carbonyl (C=O) groups is 2. The molecule has 0 aliphatic carbocycles. The second kappa shape index (κ2) is 8.11. The zero-order valence-electron chi connectivity index (χ0n) is 11.1. The number of methoxy groups -OCH3 is 1. The van der Waals surface area contributed by atoms with Gasteiger partial charge < -0.3 is 20.5 Å². The Labute approximate surface area is 115 Å². The van der Waals surface area contributed by atoms with Crippen molar-refractivity contribution in [3.63, 3.8) is 0 Å². The topological polar surface area (TPSA) is 87.7 Å². The molecule has 2 amide bonds. The molecule has 110 valence electrons. The van der Waals surface area contributed by atoms with Crippen molar-refractivity contribution in [3.05, 3.63) is 35.6 Å². The van der Waals surface area contributed by atoms with Gasteiger partial charge >= 0.3 is 12.0 Å². The van der Waals surface area contributed by atoms with E-state index in [2.05, 4.69) is 15.4 Å². The fourth-order valence-corrected chi connectivity index (χ4v) is 1.53. The Bertz CT molecular complexity index is 467. The molecule has 20 heavy (non-hydrogen) atoms. The quantitative estimate of drug-likeness (QED) is 0.690. The number of carboxylic acids is 1. The Morgan fingerprint density at radius 2 is 2.15 bits per heavy atom. The molecule has 3 N–H and O–H groups in total. The van der Waals surface area contributed by atoms with Crippen LogP contribution in [-0.2, 0) is 16.0 Å². The fraction of sp³-hybridized carbons (Fsp3) is 0.385. The highest BCUT2D eigenvalue weighted by Crippen LogP contribution is 2.03. The first-order valence-electron chi connectivity index (χ1n) is 6.04. The lowest BCUT2D eigenvalue weighted by molar-refractivity contribution is -0.147.